The van der Waals surface area contributed by atoms with Crippen molar-refractivity contribution < 1.29 is 9.59 Å². The van der Waals surface area contributed by atoms with Crippen LogP contribution in [-0.2, 0) is 9.59 Å². The molecular weight excluding hydrogens is 408 g/mol. The van der Waals surface area contributed by atoms with Gasteiger partial charge in [-0.1, -0.05) is 55.9 Å². The summed E-state index contributed by atoms with van der Waals surface area (Å²) < 4.78 is 0. The summed E-state index contributed by atoms with van der Waals surface area (Å²) in [6.45, 7) is 7.95. The van der Waals surface area contributed by atoms with Crippen molar-refractivity contribution in [3.63, 3.8) is 0 Å². The number of amidine groups is 2. The van der Waals surface area contributed by atoms with Crippen LogP contribution in [0.1, 0.15) is 38.3 Å². The van der Waals surface area contributed by atoms with Crippen molar-refractivity contribution in [1.29, 1.82) is 0 Å². The van der Waals surface area contributed by atoms with Crippen LogP contribution < -0.4 is 5.32 Å². The maximum absolute atomic E-state index is 13.2. The Morgan fingerprint density at radius 3 is 2.58 bits per heavy atom. The Morgan fingerprint density at radius 1 is 1.13 bits per heavy atom. The van der Waals surface area contributed by atoms with Gasteiger partial charge in [0.2, 0.25) is 5.91 Å². The number of hydrogen-bond acceptors (Lipinski definition) is 5. The lowest BCUT2D eigenvalue weighted by molar-refractivity contribution is -0.125. The lowest BCUT2D eigenvalue weighted by atomic mass is 10.0. The molecule has 1 N–H and O–H groups in total. The number of anilines is 1. The second kappa shape index (κ2) is 8.67. The van der Waals surface area contributed by atoms with Crippen LogP contribution >= 0.6 is 11.8 Å². The maximum atomic E-state index is 13.2. The Hall–Kier alpha value is -2.93. The smallest absolute Gasteiger partial charge is 0.259 e. The Morgan fingerprint density at radius 2 is 1.84 bits per heavy atom. The lowest BCUT2D eigenvalue weighted by Gasteiger charge is -2.27. The fraction of sp³-hybridized carbons (Fsp3) is 0.333. The number of amides is 2. The molecule has 0 fully saturated rings. The fourth-order valence-electron chi connectivity index (χ4n) is 3.64. The minimum absolute atomic E-state index is 0.0732. The van der Waals surface area contributed by atoms with Gasteiger partial charge in [-0.25, -0.2) is 9.89 Å². The Balaban J connectivity index is 1.60. The predicted octanol–water partition coefficient (Wildman–Crippen LogP) is 4.76. The van der Waals surface area contributed by atoms with Crippen LogP contribution in [0, 0.1) is 12.8 Å². The number of nitrogens with one attached hydrogen (secondary N) is 1. The molecule has 4 rings (SSSR count). The number of carbonyl (C=O) groups excluding carboxylic acids is 2. The van der Waals surface area contributed by atoms with Gasteiger partial charge in [-0.05, 0) is 49.9 Å². The van der Waals surface area contributed by atoms with Gasteiger partial charge >= 0.3 is 0 Å². The molecule has 0 bridgehead atoms. The number of rotatable bonds is 5. The second-order valence-corrected chi connectivity index (χ2v) is 9.56. The summed E-state index contributed by atoms with van der Waals surface area (Å²) in [5.41, 5.74) is 3.40. The van der Waals surface area contributed by atoms with E-state index < -0.39 is 11.3 Å². The summed E-state index contributed by atoms with van der Waals surface area (Å²) in [5, 5.41) is 3.03. The summed E-state index contributed by atoms with van der Waals surface area (Å²) in [6.07, 6.45) is 0.683. The largest absolute Gasteiger partial charge is 0.325 e. The number of thioether (sulfide) groups is 1. The quantitative estimate of drug-likeness (QED) is 0.737. The van der Waals surface area contributed by atoms with Gasteiger partial charge in [0.1, 0.15) is 11.9 Å². The molecular formula is C24H26N4O2S. The van der Waals surface area contributed by atoms with Crippen molar-refractivity contribution in [2.24, 2.45) is 15.9 Å². The monoisotopic (exact) mass is 434 g/mol. The lowest BCUT2D eigenvalue weighted by Crippen LogP contribution is -2.42. The van der Waals surface area contributed by atoms with Gasteiger partial charge in [0.25, 0.3) is 5.91 Å². The van der Waals surface area contributed by atoms with E-state index in [4.69, 9.17) is 9.98 Å². The van der Waals surface area contributed by atoms with E-state index >= 15 is 0 Å². The summed E-state index contributed by atoms with van der Waals surface area (Å²) in [6, 6.07) is 14.9. The van der Waals surface area contributed by atoms with Crippen LogP contribution in [0.3, 0.4) is 0 Å². The zero-order valence-corrected chi connectivity index (χ0v) is 18.9. The van der Waals surface area contributed by atoms with E-state index in [0.717, 1.165) is 22.5 Å². The first-order valence-corrected chi connectivity index (χ1v) is 11.4. The highest BCUT2D eigenvalue weighted by atomic mass is 32.2. The van der Waals surface area contributed by atoms with Crippen molar-refractivity contribution in [3.05, 3.63) is 59.7 Å². The van der Waals surface area contributed by atoms with Gasteiger partial charge in [0.15, 0.2) is 5.17 Å². The number of hydrogen-bond donors (Lipinski definition) is 1. The topological polar surface area (TPSA) is 74.1 Å². The standard InChI is InChI=1S/C24H26N4O2S/c1-14(2)13-20-23(30)28-21(25-20)17-10-6-8-12-19(17)27-24(28)31-16(4)22(29)26-18-11-7-5-9-15(18)3/h5-12,14,16,20H,13H2,1-4H3,(H,26,29)/t16-,20-/m0/s1. The SMILES string of the molecule is Cc1ccccc1NC(=O)[C@H](C)SC1=Nc2ccccc2C2=N[C@@H](CC(C)C)C(=O)N12. The van der Waals surface area contributed by atoms with Crippen molar-refractivity contribution in [2.45, 2.75) is 45.4 Å². The summed E-state index contributed by atoms with van der Waals surface area (Å²) in [5.74, 6) is 0.776. The molecule has 0 unspecified atom stereocenters. The molecule has 2 atom stereocenters. The number of nitrogens with zero attached hydrogens (tertiary/aromatic N) is 3. The van der Waals surface area contributed by atoms with Gasteiger partial charge in [0.05, 0.1) is 10.9 Å². The van der Waals surface area contributed by atoms with Crippen LogP contribution in [0.4, 0.5) is 11.4 Å². The van der Waals surface area contributed by atoms with Crippen LogP contribution in [-0.4, -0.2) is 39.0 Å². The second-order valence-electron chi connectivity index (χ2n) is 8.25. The normalized spacial score (nSPS) is 18.3. The zero-order valence-electron chi connectivity index (χ0n) is 18.1. The molecule has 0 saturated heterocycles. The third-order valence-electron chi connectivity index (χ3n) is 5.30. The molecule has 0 spiro atoms. The van der Waals surface area contributed by atoms with Gasteiger partial charge in [-0.3, -0.25) is 14.6 Å². The molecule has 2 aromatic rings. The highest BCUT2D eigenvalue weighted by molar-refractivity contribution is 8.15. The molecule has 2 aromatic carbocycles. The third-order valence-corrected chi connectivity index (χ3v) is 6.35. The average Bonchev–Trinajstić information content (AvgIpc) is 3.06. The number of carbonyl (C=O) groups is 2. The molecule has 31 heavy (non-hydrogen) atoms. The minimum atomic E-state index is -0.443. The molecule has 2 amide bonds. The van der Waals surface area contributed by atoms with E-state index in [9.17, 15) is 9.59 Å². The molecule has 2 aliphatic heterocycles. The molecule has 2 aliphatic rings. The van der Waals surface area contributed by atoms with Crippen molar-refractivity contribution in [3.8, 4) is 0 Å². The Labute approximate surface area is 186 Å². The van der Waals surface area contributed by atoms with Crippen molar-refractivity contribution >= 4 is 46.0 Å². The van der Waals surface area contributed by atoms with Crippen LogP contribution in [0.5, 0.6) is 0 Å². The van der Waals surface area contributed by atoms with E-state index in [1.54, 1.807) is 4.90 Å². The molecule has 2 heterocycles. The molecule has 0 aliphatic carbocycles. The van der Waals surface area contributed by atoms with Gasteiger partial charge < -0.3 is 5.32 Å². The maximum Gasteiger partial charge on any atom is 0.259 e. The fourth-order valence-corrected chi connectivity index (χ4v) is 4.56. The first-order chi connectivity index (χ1) is 14.8. The summed E-state index contributed by atoms with van der Waals surface area (Å²) >= 11 is 1.28. The first kappa shape index (κ1) is 21.3. The Bertz CT molecular complexity index is 1090. The molecule has 160 valence electrons. The number of fused-ring (bicyclic) bond motifs is 3. The average molecular weight is 435 g/mol. The highest BCUT2D eigenvalue weighted by Crippen LogP contribution is 2.35. The first-order valence-electron chi connectivity index (χ1n) is 10.5. The van der Waals surface area contributed by atoms with Crippen LogP contribution in [0.15, 0.2) is 58.5 Å². The molecule has 6 nitrogen and oxygen atoms in total. The number of aryl methyl sites for hydroxylation is 1. The van der Waals surface area contributed by atoms with Gasteiger partial charge in [-0.15, -0.1) is 0 Å². The summed E-state index contributed by atoms with van der Waals surface area (Å²) in [4.78, 5) is 37.1. The van der Waals surface area contributed by atoms with Crippen LogP contribution in [0.2, 0.25) is 0 Å². The highest BCUT2D eigenvalue weighted by Gasteiger charge is 2.42. The summed E-state index contributed by atoms with van der Waals surface area (Å²) in [7, 11) is 0. The van der Waals surface area contributed by atoms with Crippen LogP contribution in [0.25, 0.3) is 0 Å². The van der Waals surface area contributed by atoms with E-state index in [1.165, 1.54) is 11.8 Å². The van der Waals surface area contributed by atoms with E-state index in [2.05, 4.69) is 19.2 Å². The van der Waals surface area contributed by atoms with E-state index in [-0.39, 0.29) is 11.8 Å². The van der Waals surface area contributed by atoms with Crippen molar-refractivity contribution in [2.75, 3.05) is 5.32 Å². The number of aliphatic imine (C=N–C) groups is 2. The number of benzene rings is 2. The number of para-hydroxylation sites is 2. The molecule has 0 saturated carbocycles. The van der Waals surface area contributed by atoms with Gasteiger partial charge in [0, 0.05) is 11.3 Å². The minimum Gasteiger partial charge on any atom is -0.325 e. The predicted molar refractivity (Wildman–Crippen MR) is 127 cm³/mol. The molecule has 0 radical (unpaired) electrons. The van der Waals surface area contributed by atoms with Crippen molar-refractivity contribution in [1.82, 2.24) is 4.90 Å². The van der Waals surface area contributed by atoms with E-state index in [0.29, 0.717) is 23.3 Å². The molecule has 0 aromatic heterocycles. The Kier molecular flexibility index (Phi) is 5.96. The zero-order chi connectivity index (χ0) is 22.1. The molecule has 7 heteroatoms. The van der Waals surface area contributed by atoms with Gasteiger partial charge in [-0.2, -0.15) is 0 Å². The third kappa shape index (κ3) is 4.28. The van der Waals surface area contributed by atoms with E-state index in [1.807, 2.05) is 62.4 Å².